The number of nitrogens with zero attached hydrogens (tertiary/aromatic N) is 2. The molecule has 6 nitrogen and oxygen atoms in total. The molecule has 0 atom stereocenters. The van der Waals surface area contributed by atoms with Gasteiger partial charge in [0, 0.05) is 18.3 Å². The number of fused-ring (bicyclic) bond motifs is 1. The number of nitrogens with one attached hydrogen (secondary N) is 1. The van der Waals surface area contributed by atoms with Crippen molar-refractivity contribution in [3.8, 4) is 22.8 Å². The van der Waals surface area contributed by atoms with E-state index in [1.165, 1.54) is 0 Å². The van der Waals surface area contributed by atoms with E-state index >= 15 is 0 Å². The van der Waals surface area contributed by atoms with Gasteiger partial charge in [-0.05, 0) is 23.3 Å². The number of benzene rings is 3. The number of carbonyl (C=O) groups excluding carboxylic acids is 1. The summed E-state index contributed by atoms with van der Waals surface area (Å²) in [6, 6.07) is 25.5. The van der Waals surface area contributed by atoms with Crippen molar-refractivity contribution in [2.45, 2.75) is 13.1 Å². The largest absolute Gasteiger partial charge is 0.454 e. The lowest BCUT2D eigenvalue weighted by molar-refractivity contribution is 0.0951. The average Bonchev–Trinajstić information content (AvgIpc) is 3.45. The van der Waals surface area contributed by atoms with E-state index in [2.05, 4.69) is 5.32 Å². The van der Waals surface area contributed by atoms with Gasteiger partial charge < -0.3 is 14.8 Å². The van der Waals surface area contributed by atoms with Gasteiger partial charge in [0.25, 0.3) is 5.91 Å². The van der Waals surface area contributed by atoms with Crippen LogP contribution in [0.5, 0.6) is 11.5 Å². The summed E-state index contributed by atoms with van der Waals surface area (Å²) in [5.74, 6) is 1.26. The summed E-state index contributed by atoms with van der Waals surface area (Å²) in [6.45, 7) is 1.20. The predicted octanol–water partition coefficient (Wildman–Crippen LogP) is 4.26. The fourth-order valence-corrected chi connectivity index (χ4v) is 3.58. The lowest BCUT2D eigenvalue weighted by atomic mass is 10.1. The zero-order valence-corrected chi connectivity index (χ0v) is 16.8. The first-order valence-corrected chi connectivity index (χ1v) is 10.1. The summed E-state index contributed by atoms with van der Waals surface area (Å²) in [5, 5.41) is 7.72. The van der Waals surface area contributed by atoms with Crippen LogP contribution in [0.15, 0.2) is 85.1 Å². The molecule has 0 radical (unpaired) electrons. The molecule has 5 rings (SSSR count). The Morgan fingerprint density at radius 3 is 2.45 bits per heavy atom. The van der Waals surface area contributed by atoms with E-state index in [0.717, 1.165) is 22.4 Å². The van der Waals surface area contributed by atoms with Crippen molar-refractivity contribution in [2.24, 2.45) is 0 Å². The third-order valence-corrected chi connectivity index (χ3v) is 5.13. The maximum Gasteiger partial charge on any atom is 0.255 e. The highest BCUT2D eigenvalue weighted by Crippen LogP contribution is 2.32. The SMILES string of the molecule is O=C(NCc1ccc2c(c1)OCO2)c1cn(Cc2ccccc2)nc1-c1ccccc1. The Bertz CT molecular complexity index is 1200. The first-order valence-electron chi connectivity index (χ1n) is 10.1. The van der Waals surface area contributed by atoms with Crippen LogP contribution < -0.4 is 14.8 Å². The Balaban J connectivity index is 1.39. The summed E-state index contributed by atoms with van der Waals surface area (Å²) in [5.41, 5.74) is 4.18. The van der Waals surface area contributed by atoms with Crippen LogP contribution in [0.4, 0.5) is 0 Å². The Hall–Kier alpha value is -4.06. The molecular formula is C25H21N3O3. The minimum atomic E-state index is -0.171. The summed E-state index contributed by atoms with van der Waals surface area (Å²) in [7, 11) is 0. The lowest BCUT2D eigenvalue weighted by Crippen LogP contribution is -2.23. The molecule has 0 aliphatic carbocycles. The van der Waals surface area contributed by atoms with Gasteiger partial charge in [0.2, 0.25) is 6.79 Å². The number of amides is 1. The highest BCUT2D eigenvalue weighted by Gasteiger charge is 2.19. The van der Waals surface area contributed by atoms with Crippen LogP contribution in [0.25, 0.3) is 11.3 Å². The first kappa shape index (κ1) is 18.9. The summed E-state index contributed by atoms with van der Waals surface area (Å²) in [6.07, 6.45) is 1.81. The highest BCUT2D eigenvalue weighted by atomic mass is 16.7. The van der Waals surface area contributed by atoms with Gasteiger partial charge in [-0.3, -0.25) is 9.48 Å². The maximum absolute atomic E-state index is 13.1. The first-order chi connectivity index (χ1) is 15.3. The molecule has 0 saturated carbocycles. The van der Waals surface area contributed by atoms with Crippen molar-refractivity contribution in [1.82, 2.24) is 15.1 Å². The maximum atomic E-state index is 13.1. The molecule has 6 heteroatoms. The molecule has 1 aromatic heterocycles. The van der Waals surface area contributed by atoms with Crippen LogP contribution in [0.2, 0.25) is 0 Å². The van der Waals surface area contributed by atoms with E-state index in [1.807, 2.05) is 89.7 Å². The van der Waals surface area contributed by atoms with Gasteiger partial charge in [-0.1, -0.05) is 66.7 Å². The molecule has 1 N–H and O–H groups in total. The highest BCUT2D eigenvalue weighted by molar-refractivity contribution is 5.99. The second-order valence-corrected chi connectivity index (χ2v) is 7.31. The molecule has 1 aliphatic rings. The van der Waals surface area contributed by atoms with Crippen LogP contribution in [0.3, 0.4) is 0 Å². The number of aromatic nitrogens is 2. The smallest absolute Gasteiger partial charge is 0.255 e. The topological polar surface area (TPSA) is 65.4 Å². The standard InChI is InChI=1S/C25H21N3O3/c29-25(26-14-19-11-12-22-23(13-19)31-17-30-22)21-16-28(15-18-7-3-1-4-8-18)27-24(21)20-9-5-2-6-10-20/h1-13,16H,14-15,17H2,(H,26,29). The number of ether oxygens (including phenoxy) is 2. The summed E-state index contributed by atoms with van der Waals surface area (Å²) < 4.78 is 12.6. The molecular weight excluding hydrogens is 390 g/mol. The molecule has 0 fully saturated rings. The Labute approximate surface area is 180 Å². The van der Waals surface area contributed by atoms with Gasteiger partial charge in [0.15, 0.2) is 11.5 Å². The lowest BCUT2D eigenvalue weighted by Gasteiger charge is -2.06. The Morgan fingerprint density at radius 1 is 0.903 bits per heavy atom. The van der Waals surface area contributed by atoms with Crippen LogP contribution in [-0.4, -0.2) is 22.5 Å². The Morgan fingerprint density at radius 2 is 1.65 bits per heavy atom. The quantitative estimate of drug-likeness (QED) is 0.515. The normalized spacial score (nSPS) is 12.0. The minimum Gasteiger partial charge on any atom is -0.454 e. The molecule has 0 unspecified atom stereocenters. The number of hydrogen-bond acceptors (Lipinski definition) is 4. The molecule has 2 heterocycles. The zero-order valence-electron chi connectivity index (χ0n) is 16.8. The molecule has 154 valence electrons. The molecule has 4 aromatic rings. The average molecular weight is 411 g/mol. The van der Waals surface area contributed by atoms with Gasteiger partial charge >= 0.3 is 0 Å². The monoisotopic (exact) mass is 411 g/mol. The van der Waals surface area contributed by atoms with Gasteiger partial charge in [0.1, 0.15) is 5.69 Å². The van der Waals surface area contributed by atoms with Crippen molar-refractivity contribution in [1.29, 1.82) is 0 Å². The second-order valence-electron chi connectivity index (χ2n) is 7.31. The number of hydrogen-bond donors (Lipinski definition) is 1. The second kappa shape index (κ2) is 8.36. The number of rotatable bonds is 6. The van der Waals surface area contributed by atoms with Gasteiger partial charge in [-0.25, -0.2) is 0 Å². The summed E-state index contributed by atoms with van der Waals surface area (Å²) >= 11 is 0. The predicted molar refractivity (Wildman–Crippen MR) is 117 cm³/mol. The van der Waals surface area contributed by atoms with E-state index in [-0.39, 0.29) is 12.7 Å². The van der Waals surface area contributed by atoms with Gasteiger partial charge in [0.05, 0.1) is 12.1 Å². The van der Waals surface area contributed by atoms with Crippen molar-refractivity contribution < 1.29 is 14.3 Å². The molecule has 0 saturated heterocycles. The van der Waals surface area contributed by atoms with Crippen molar-refractivity contribution in [3.05, 3.63) is 102 Å². The zero-order chi connectivity index (χ0) is 21.0. The van der Waals surface area contributed by atoms with Crippen LogP contribution in [-0.2, 0) is 13.1 Å². The van der Waals surface area contributed by atoms with E-state index < -0.39 is 0 Å². The molecule has 1 aliphatic heterocycles. The van der Waals surface area contributed by atoms with Gasteiger partial charge in [-0.15, -0.1) is 0 Å². The van der Waals surface area contributed by atoms with Crippen molar-refractivity contribution >= 4 is 5.91 Å². The molecule has 3 aromatic carbocycles. The summed E-state index contributed by atoms with van der Waals surface area (Å²) in [4.78, 5) is 13.1. The van der Waals surface area contributed by atoms with E-state index in [0.29, 0.717) is 30.1 Å². The van der Waals surface area contributed by atoms with E-state index in [9.17, 15) is 4.79 Å². The van der Waals surface area contributed by atoms with E-state index in [1.54, 1.807) is 0 Å². The third kappa shape index (κ3) is 4.14. The fraction of sp³-hybridized carbons (Fsp3) is 0.120. The minimum absolute atomic E-state index is 0.171. The Kier molecular flexibility index (Phi) is 5.10. The third-order valence-electron chi connectivity index (χ3n) is 5.13. The van der Waals surface area contributed by atoms with Crippen LogP contribution in [0, 0.1) is 0 Å². The molecule has 31 heavy (non-hydrogen) atoms. The fourth-order valence-electron chi connectivity index (χ4n) is 3.58. The van der Waals surface area contributed by atoms with Gasteiger partial charge in [-0.2, -0.15) is 5.10 Å². The van der Waals surface area contributed by atoms with Crippen LogP contribution in [0.1, 0.15) is 21.5 Å². The number of carbonyl (C=O) groups is 1. The van der Waals surface area contributed by atoms with Crippen molar-refractivity contribution in [2.75, 3.05) is 6.79 Å². The molecule has 1 amide bonds. The van der Waals surface area contributed by atoms with Crippen LogP contribution >= 0.6 is 0 Å². The molecule has 0 bridgehead atoms. The van der Waals surface area contributed by atoms with Crippen molar-refractivity contribution in [3.63, 3.8) is 0 Å². The molecule has 0 spiro atoms. The van der Waals surface area contributed by atoms with E-state index in [4.69, 9.17) is 14.6 Å².